The molecule has 0 saturated heterocycles. The second kappa shape index (κ2) is 6.01. The topological polar surface area (TPSA) is 66.4 Å². The minimum atomic E-state index is -3.96. The predicted molar refractivity (Wildman–Crippen MR) is 79.3 cm³/mol. The maximum absolute atomic E-state index is 13.8. The first-order valence-corrected chi connectivity index (χ1v) is 7.88. The summed E-state index contributed by atoms with van der Waals surface area (Å²) in [5.74, 6) is -0.836. The van der Waals surface area contributed by atoms with E-state index in [4.69, 9.17) is 11.6 Å². The molecule has 0 aliphatic rings. The maximum Gasteiger partial charge on any atom is 0.261 e. The molecule has 0 aliphatic heterocycles. The molecule has 0 spiro atoms. The molecule has 0 bridgehead atoms. The van der Waals surface area contributed by atoms with Gasteiger partial charge in [0.15, 0.2) is 5.82 Å². The smallest absolute Gasteiger partial charge is 0.261 e. The zero-order chi connectivity index (χ0) is 15.6. The van der Waals surface area contributed by atoms with E-state index in [9.17, 15) is 17.9 Å². The first kappa shape index (κ1) is 15.8. The first-order valence-electron chi connectivity index (χ1n) is 6.02. The largest absolute Gasteiger partial charge is 0.392 e. The molecule has 7 heteroatoms. The van der Waals surface area contributed by atoms with Crippen molar-refractivity contribution in [2.75, 3.05) is 4.72 Å². The Hall–Kier alpha value is -1.63. The van der Waals surface area contributed by atoms with Gasteiger partial charge in [-0.15, -0.1) is 0 Å². The predicted octanol–water partition coefficient (Wildman–Crippen LogP) is 3.08. The van der Waals surface area contributed by atoms with E-state index in [1.165, 1.54) is 30.3 Å². The maximum atomic E-state index is 13.8. The first-order chi connectivity index (χ1) is 9.85. The molecule has 21 heavy (non-hydrogen) atoms. The van der Waals surface area contributed by atoms with Gasteiger partial charge in [-0.1, -0.05) is 23.7 Å². The quantitative estimate of drug-likeness (QED) is 0.906. The molecule has 0 saturated carbocycles. The molecule has 112 valence electrons. The molecule has 0 aromatic heterocycles. The Bertz CT molecular complexity index is 778. The summed E-state index contributed by atoms with van der Waals surface area (Å²) in [7, 11) is -3.96. The van der Waals surface area contributed by atoms with Gasteiger partial charge in [-0.2, -0.15) is 0 Å². The Balaban J connectivity index is 2.41. The van der Waals surface area contributed by atoms with Crippen LogP contribution in [0.4, 0.5) is 10.1 Å². The summed E-state index contributed by atoms with van der Waals surface area (Å²) in [5.41, 5.74) is 1.03. The summed E-state index contributed by atoms with van der Waals surface area (Å²) in [6.45, 7) is 1.48. The van der Waals surface area contributed by atoms with Crippen molar-refractivity contribution >= 4 is 27.3 Å². The number of hydrogen-bond donors (Lipinski definition) is 2. The van der Waals surface area contributed by atoms with Crippen molar-refractivity contribution in [3.63, 3.8) is 0 Å². The van der Waals surface area contributed by atoms with Gasteiger partial charge < -0.3 is 5.11 Å². The third-order valence-electron chi connectivity index (χ3n) is 3.00. The van der Waals surface area contributed by atoms with Crippen molar-refractivity contribution in [1.29, 1.82) is 0 Å². The van der Waals surface area contributed by atoms with Gasteiger partial charge in [0.2, 0.25) is 0 Å². The van der Waals surface area contributed by atoms with Gasteiger partial charge in [0.1, 0.15) is 0 Å². The molecule has 0 aliphatic carbocycles. The lowest BCUT2D eigenvalue weighted by molar-refractivity contribution is 0.281. The second-order valence-electron chi connectivity index (χ2n) is 4.45. The van der Waals surface area contributed by atoms with Crippen LogP contribution in [0.2, 0.25) is 5.02 Å². The van der Waals surface area contributed by atoms with Gasteiger partial charge in [0.05, 0.1) is 22.2 Å². The van der Waals surface area contributed by atoms with Crippen LogP contribution in [0.1, 0.15) is 11.1 Å². The summed E-state index contributed by atoms with van der Waals surface area (Å²) < 4.78 is 40.4. The van der Waals surface area contributed by atoms with Crippen LogP contribution in [0.5, 0.6) is 0 Å². The Morgan fingerprint density at radius 1 is 1.29 bits per heavy atom. The zero-order valence-electron chi connectivity index (χ0n) is 11.1. The van der Waals surface area contributed by atoms with Gasteiger partial charge in [0, 0.05) is 0 Å². The Morgan fingerprint density at radius 3 is 2.67 bits per heavy atom. The highest BCUT2D eigenvalue weighted by atomic mass is 35.5. The van der Waals surface area contributed by atoms with E-state index in [1.807, 2.05) is 0 Å². The highest BCUT2D eigenvalue weighted by Crippen LogP contribution is 2.25. The zero-order valence-corrected chi connectivity index (χ0v) is 12.7. The van der Waals surface area contributed by atoms with Gasteiger partial charge in [-0.3, -0.25) is 4.72 Å². The minimum absolute atomic E-state index is 0.0588. The molecular weight excluding hydrogens is 317 g/mol. The van der Waals surface area contributed by atoms with Crippen molar-refractivity contribution < 1.29 is 17.9 Å². The van der Waals surface area contributed by atoms with E-state index in [0.29, 0.717) is 5.56 Å². The van der Waals surface area contributed by atoms with Crippen molar-refractivity contribution in [3.8, 4) is 0 Å². The van der Waals surface area contributed by atoms with Gasteiger partial charge in [-0.25, -0.2) is 12.8 Å². The number of hydrogen-bond acceptors (Lipinski definition) is 3. The number of aliphatic hydroxyl groups is 1. The van der Waals surface area contributed by atoms with Gasteiger partial charge in [0.25, 0.3) is 10.0 Å². The van der Waals surface area contributed by atoms with Crippen LogP contribution in [0.15, 0.2) is 41.3 Å². The number of aryl methyl sites for hydroxylation is 1. The van der Waals surface area contributed by atoms with Crippen molar-refractivity contribution in [1.82, 2.24) is 0 Å². The summed E-state index contributed by atoms with van der Waals surface area (Å²) in [4.78, 5) is -0.0588. The molecule has 2 rings (SSSR count). The molecule has 0 unspecified atom stereocenters. The summed E-state index contributed by atoms with van der Waals surface area (Å²) >= 11 is 5.61. The van der Waals surface area contributed by atoms with Gasteiger partial charge in [-0.05, 0) is 42.3 Å². The van der Waals surface area contributed by atoms with E-state index in [1.54, 1.807) is 13.0 Å². The van der Waals surface area contributed by atoms with Crippen molar-refractivity contribution in [3.05, 3.63) is 58.4 Å². The number of aliphatic hydroxyl groups excluding tert-OH is 1. The monoisotopic (exact) mass is 329 g/mol. The molecule has 0 atom stereocenters. The van der Waals surface area contributed by atoms with Crippen LogP contribution < -0.4 is 4.72 Å². The lowest BCUT2D eigenvalue weighted by Crippen LogP contribution is -2.14. The number of rotatable bonds is 4. The number of sulfonamides is 1. The van der Waals surface area contributed by atoms with Crippen LogP contribution in [0, 0.1) is 12.7 Å². The van der Waals surface area contributed by atoms with Crippen LogP contribution in [-0.4, -0.2) is 13.5 Å². The molecular formula is C14H13ClFNO3S. The third kappa shape index (κ3) is 3.34. The normalized spacial score (nSPS) is 11.4. The van der Waals surface area contributed by atoms with E-state index in [-0.39, 0.29) is 22.2 Å². The fourth-order valence-electron chi connectivity index (χ4n) is 1.77. The lowest BCUT2D eigenvalue weighted by atomic mass is 10.1. The van der Waals surface area contributed by atoms with Crippen molar-refractivity contribution in [2.45, 2.75) is 18.4 Å². The molecule has 0 amide bonds. The SMILES string of the molecule is Cc1ccc(S(=O)(=O)Nc2cccc(Cl)c2F)cc1CO. The van der Waals surface area contributed by atoms with E-state index in [2.05, 4.69) is 4.72 Å². The minimum Gasteiger partial charge on any atom is -0.392 e. The Morgan fingerprint density at radius 2 is 2.00 bits per heavy atom. The van der Waals surface area contributed by atoms with Crippen LogP contribution in [-0.2, 0) is 16.6 Å². The van der Waals surface area contributed by atoms with Crippen LogP contribution >= 0.6 is 11.6 Å². The average Bonchev–Trinajstić information content (AvgIpc) is 2.44. The number of benzene rings is 2. The van der Waals surface area contributed by atoms with E-state index < -0.39 is 15.8 Å². The molecule has 4 nitrogen and oxygen atoms in total. The number of anilines is 1. The molecule has 2 aromatic rings. The fraction of sp³-hybridized carbons (Fsp3) is 0.143. The standard InChI is InChI=1S/C14H13ClFNO3S/c1-9-5-6-11(7-10(9)8-18)21(19,20)17-13-4-2-3-12(15)14(13)16/h2-7,17-18H,8H2,1H3. The van der Waals surface area contributed by atoms with Gasteiger partial charge >= 0.3 is 0 Å². The lowest BCUT2D eigenvalue weighted by Gasteiger charge is -2.11. The highest BCUT2D eigenvalue weighted by molar-refractivity contribution is 7.92. The molecule has 2 N–H and O–H groups in total. The molecule has 0 fully saturated rings. The fourth-order valence-corrected chi connectivity index (χ4v) is 3.06. The average molecular weight is 330 g/mol. The summed E-state index contributed by atoms with van der Waals surface area (Å²) in [6.07, 6.45) is 0. The van der Waals surface area contributed by atoms with E-state index in [0.717, 1.165) is 5.56 Å². The molecule has 0 radical (unpaired) electrons. The highest BCUT2D eigenvalue weighted by Gasteiger charge is 2.18. The van der Waals surface area contributed by atoms with E-state index >= 15 is 0 Å². The Labute approximate surface area is 127 Å². The summed E-state index contributed by atoms with van der Waals surface area (Å²) in [6, 6.07) is 8.36. The third-order valence-corrected chi connectivity index (χ3v) is 4.65. The molecule has 2 aromatic carbocycles. The molecule has 0 heterocycles. The number of halogens is 2. The van der Waals surface area contributed by atoms with Crippen molar-refractivity contribution in [2.24, 2.45) is 0 Å². The van der Waals surface area contributed by atoms with Crippen LogP contribution in [0.3, 0.4) is 0 Å². The summed E-state index contributed by atoms with van der Waals surface area (Å²) in [5, 5.41) is 9.02. The Kier molecular flexibility index (Phi) is 4.51. The van der Waals surface area contributed by atoms with Crippen LogP contribution in [0.25, 0.3) is 0 Å². The number of nitrogens with one attached hydrogen (secondary N) is 1. The second-order valence-corrected chi connectivity index (χ2v) is 6.54.